The molecular formula is C22H20F4N4O2. The Bertz CT molecular complexity index is 1090. The van der Waals surface area contributed by atoms with Crippen molar-refractivity contribution < 1.29 is 27.1 Å². The van der Waals surface area contributed by atoms with Gasteiger partial charge in [0.1, 0.15) is 22.9 Å². The number of ether oxygens (including phenoxy) is 1. The van der Waals surface area contributed by atoms with E-state index in [-0.39, 0.29) is 24.3 Å². The normalized spacial score (nSPS) is 17.9. The zero-order valence-corrected chi connectivity index (χ0v) is 17.0. The molecule has 3 aromatic rings. The van der Waals surface area contributed by atoms with Gasteiger partial charge in [0.25, 0.3) is 5.91 Å². The molecule has 6 nitrogen and oxygen atoms in total. The second-order valence-electron chi connectivity index (χ2n) is 7.42. The molecule has 4 rings (SSSR count). The van der Waals surface area contributed by atoms with Crippen LogP contribution in [0.5, 0.6) is 5.75 Å². The first-order chi connectivity index (χ1) is 15.3. The van der Waals surface area contributed by atoms with Crippen LogP contribution in [0.25, 0.3) is 0 Å². The van der Waals surface area contributed by atoms with E-state index in [0.717, 1.165) is 16.4 Å². The second-order valence-corrected chi connectivity index (χ2v) is 7.42. The average Bonchev–Trinajstić information content (AvgIpc) is 3.21. The highest BCUT2D eigenvalue weighted by atomic mass is 19.4. The van der Waals surface area contributed by atoms with Crippen LogP contribution in [-0.4, -0.2) is 29.0 Å². The highest BCUT2D eigenvalue weighted by molar-refractivity contribution is 5.98. The van der Waals surface area contributed by atoms with Gasteiger partial charge in [0.2, 0.25) is 0 Å². The molecule has 1 aromatic heterocycles. The Kier molecular flexibility index (Phi) is 5.77. The number of nitrogens with one attached hydrogen (secondary N) is 2. The number of methoxy groups -OCH3 is 1. The molecule has 168 valence electrons. The van der Waals surface area contributed by atoms with Crippen molar-refractivity contribution in [2.45, 2.75) is 31.2 Å². The largest absolute Gasteiger partial charge is 0.497 e. The van der Waals surface area contributed by atoms with Crippen molar-refractivity contribution in [1.82, 2.24) is 15.1 Å². The van der Waals surface area contributed by atoms with Gasteiger partial charge in [-0.05, 0) is 35.4 Å². The van der Waals surface area contributed by atoms with E-state index in [0.29, 0.717) is 11.3 Å². The molecule has 0 bridgehead atoms. The zero-order valence-electron chi connectivity index (χ0n) is 17.0. The van der Waals surface area contributed by atoms with Gasteiger partial charge in [-0.3, -0.25) is 4.79 Å². The molecule has 0 saturated heterocycles. The number of benzene rings is 2. The van der Waals surface area contributed by atoms with Crippen LogP contribution < -0.4 is 15.4 Å². The van der Waals surface area contributed by atoms with Crippen LogP contribution in [0.3, 0.4) is 0 Å². The fourth-order valence-corrected chi connectivity index (χ4v) is 3.66. The lowest BCUT2D eigenvalue weighted by atomic mass is 9.96. The van der Waals surface area contributed by atoms with Gasteiger partial charge in [-0.1, -0.05) is 24.3 Å². The highest BCUT2D eigenvalue weighted by Crippen LogP contribution is 2.44. The smallest absolute Gasteiger partial charge is 0.410 e. The van der Waals surface area contributed by atoms with Crippen molar-refractivity contribution in [3.8, 4) is 5.75 Å². The number of fused-ring (bicyclic) bond motifs is 1. The predicted molar refractivity (Wildman–Crippen MR) is 109 cm³/mol. The molecule has 2 N–H and O–H groups in total. The summed E-state index contributed by atoms with van der Waals surface area (Å²) < 4.78 is 60.4. The number of aromatic nitrogens is 2. The summed E-state index contributed by atoms with van der Waals surface area (Å²) in [6.45, 7) is 0.178. The first-order valence-corrected chi connectivity index (χ1v) is 9.83. The van der Waals surface area contributed by atoms with E-state index in [1.807, 2.05) is 0 Å². The minimum Gasteiger partial charge on any atom is -0.497 e. The maximum absolute atomic E-state index is 13.8. The molecule has 0 unspecified atom stereocenters. The number of alkyl halides is 3. The molecule has 0 aliphatic carbocycles. The molecule has 2 atom stereocenters. The van der Waals surface area contributed by atoms with Crippen LogP contribution >= 0.6 is 0 Å². The van der Waals surface area contributed by atoms with Gasteiger partial charge in [0.05, 0.1) is 19.3 Å². The molecule has 0 spiro atoms. The van der Waals surface area contributed by atoms with E-state index in [1.54, 1.807) is 31.4 Å². The molecule has 0 radical (unpaired) electrons. The van der Waals surface area contributed by atoms with Crippen molar-refractivity contribution in [3.05, 3.63) is 77.2 Å². The lowest BCUT2D eigenvalue weighted by Crippen LogP contribution is -2.36. The fourth-order valence-electron chi connectivity index (χ4n) is 3.66. The summed E-state index contributed by atoms with van der Waals surface area (Å²) in [6, 6.07) is 9.58. The first-order valence-electron chi connectivity index (χ1n) is 9.83. The summed E-state index contributed by atoms with van der Waals surface area (Å²) in [5, 5.41) is 9.52. The Morgan fingerprint density at radius 2 is 1.88 bits per heavy atom. The minimum absolute atomic E-state index is 0.000395. The van der Waals surface area contributed by atoms with Gasteiger partial charge in [0.15, 0.2) is 6.04 Å². The molecule has 2 aromatic carbocycles. The molecule has 2 heterocycles. The first kappa shape index (κ1) is 21.7. The van der Waals surface area contributed by atoms with E-state index in [4.69, 9.17) is 4.74 Å². The Morgan fingerprint density at radius 3 is 2.50 bits per heavy atom. The molecule has 32 heavy (non-hydrogen) atoms. The number of carbonyl (C=O) groups is 1. The van der Waals surface area contributed by atoms with Gasteiger partial charge in [-0.15, -0.1) is 0 Å². The Hall–Kier alpha value is -3.56. The van der Waals surface area contributed by atoms with E-state index in [1.165, 1.54) is 24.3 Å². The Morgan fingerprint density at radius 1 is 1.19 bits per heavy atom. The summed E-state index contributed by atoms with van der Waals surface area (Å²) in [7, 11) is 1.54. The number of halogens is 4. The molecule has 10 heteroatoms. The number of amides is 1. The fraction of sp³-hybridized carbons (Fsp3) is 0.273. The number of hydrogen-bond acceptors (Lipinski definition) is 4. The van der Waals surface area contributed by atoms with Gasteiger partial charge in [-0.25, -0.2) is 9.07 Å². The van der Waals surface area contributed by atoms with Crippen LogP contribution in [0.4, 0.5) is 23.4 Å². The quantitative estimate of drug-likeness (QED) is 0.559. The Balaban J connectivity index is 1.58. The molecule has 1 aliphatic heterocycles. The maximum atomic E-state index is 13.8. The van der Waals surface area contributed by atoms with Gasteiger partial charge in [0, 0.05) is 13.0 Å². The zero-order chi connectivity index (χ0) is 22.9. The molecule has 0 saturated carbocycles. The average molecular weight is 448 g/mol. The summed E-state index contributed by atoms with van der Waals surface area (Å²) in [5.74, 6) is -0.407. The van der Waals surface area contributed by atoms with Crippen molar-refractivity contribution >= 4 is 11.7 Å². The van der Waals surface area contributed by atoms with Crippen molar-refractivity contribution in [1.29, 1.82) is 0 Å². The van der Waals surface area contributed by atoms with Crippen molar-refractivity contribution in [3.63, 3.8) is 0 Å². The number of carbonyl (C=O) groups excluding carboxylic acids is 1. The lowest BCUT2D eigenvalue weighted by Gasteiger charge is -2.34. The van der Waals surface area contributed by atoms with E-state index < -0.39 is 30.0 Å². The van der Waals surface area contributed by atoms with Crippen LogP contribution in [0.1, 0.15) is 40.0 Å². The maximum Gasteiger partial charge on any atom is 0.410 e. The third-order valence-corrected chi connectivity index (χ3v) is 5.37. The van der Waals surface area contributed by atoms with Crippen molar-refractivity contribution in [2.75, 3.05) is 12.4 Å². The van der Waals surface area contributed by atoms with Crippen LogP contribution in [0.2, 0.25) is 0 Å². The minimum atomic E-state index is -4.57. The summed E-state index contributed by atoms with van der Waals surface area (Å²) >= 11 is 0. The van der Waals surface area contributed by atoms with Crippen LogP contribution in [0, 0.1) is 5.82 Å². The van der Waals surface area contributed by atoms with Crippen molar-refractivity contribution in [2.24, 2.45) is 0 Å². The van der Waals surface area contributed by atoms with E-state index >= 15 is 0 Å². The number of hydrogen-bond donors (Lipinski definition) is 2. The summed E-state index contributed by atoms with van der Waals surface area (Å²) in [4.78, 5) is 12.8. The van der Waals surface area contributed by atoms with Gasteiger partial charge < -0.3 is 15.4 Å². The molecule has 1 aliphatic rings. The van der Waals surface area contributed by atoms with E-state index in [9.17, 15) is 22.4 Å². The third kappa shape index (κ3) is 4.39. The molecule has 1 amide bonds. The van der Waals surface area contributed by atoms with E-state index in [2.05, 4.69) is 15.7 Å². The molecule has 0 fully saturated rings. The topological polar surface area (TPSA) is 68.2 Å². The molecular weight excluding hydrogens is 428 g/mol. The highest BCUT2D eigenvalue weighted by Gasteiger charge is 2.47. The third-order valence-electron chi connectivity index (χ3n) is 5.37. The standard InChI is InChI=1S/C22H20F4N4O2/c1-32-16-8-2-13(3-9-16)11-27-21(31)17-12-28-30-19(22(24,25)26)10-18(29-20(17)30)14-4-6-15(23)7-5-14/h2-9,12,18-19,29H,10-11H2,1H3,(H,27,31)/t18-,19-/m0/s1. The van der Waals surface area contributed by atoms with Gasteiger partial charge in [-0.2, -0.15) is 18.3 Å². The monoisotopic (exact) mass is 448 g/mol. The predicted octanol–water partition coefficient (Wildman–Crippen LogP) is 4.62. The second kappa shape index (κ2) is 8.52. The van der Waals surface area contributed by atoms with Gasteiger partial charge >= 0.3 is 6.18 Å². The summed E-state index contributed by atoms with van der Waals surface area (Å²) in [5.41, 5.74) is 1.28. The Labute approximate surface area is 181 Å². The number of nitrogens with zero attached hydrogens (tertiary/aromatic N) is 2. The SMILES string of the molecule is COc1ccc(CNC(=O)c2cnn3c2N[C@H](c2ccc(F)cc2)C[C@H]3C(F)(F)F)cc1. The number of anilines is 1. The summed E-state index contributed by atoms with van der Waals surface area (Å²) in [6.07, 6.45) is -3.79. The lowest BCUT2D eigenvalue weighted by molar-refractivity contribution is -0.173. The van der Waals surface area contributed by atoms with Crippen LogP contribution in [-0.2, 0) is 6.54 Å². The number of rotatable bonds is 5. The van der Waals surface area contributed by atoms with Crippen LogP contribution in [0.15, 0.2) is 54.7 Å².